The van der Waals surface area contributed by atoms with Gasteiger partial charge in [-0.3, -0.25) is 0 Å². The number of hydrogen-bond acceptors (Lipinski definition) is 4. The molecule has 0 amide bonds. The van der Waals surface area contributed by atoms with Gasteiger partial charge in [0.2, 0.25) is 0 Å². The number of nitrogens with two attached hydrogens (primary N) is 1. The quantitative estimate of drug-likeness (QED) is 0.928. The molecule has 1 aromatic rings. The van der Waals surface area contributed by atoms with E-state index >= 15 is 0 Å². The van der Waals surface area contributed by atoms with Crippen molar-refractivity contribution in [2.75, 3.05) is 13.4 Å². The molecular weight excluding hydrogens is 286 g/mol. The van der Waals surface area contributed by atoms with Crippen molar-refractivity contribution in [3.8, 4) is 5.75 Å². The van der Waals surface area contributed by atoms with Crippen LogP contribution in [-0.4, -0.2) is 27.0 Å². The first-order valence-corrected chi connectivity index (χ1v) is 9.37. The number of sulfone groups is 1. The minimum Gasteiger partial charge on any atom is -0.496 e. The van der Waals surface area contributed by atoms with Gasteiger partial charge in [0.25, 0.3) is 0 Å². The largest absolute Gasteiger partial charge is 0.496 e. The fraction of sp³-hybridized carbons (Fsp3) is 0.625. The average Bonchev–Trinajstić information content (AvgIpc) is 2.45. The monoisotopic (exact) mass is 311 g/mol. The highest BCUT2D eigenvalue weighted by Gasteiger charge is 2.33. The predicted octanol–water partition coefficient (Wildman–Crippen LogP) is 2.61. The fourth-order valence-corrected chi connectivity index (χ4v) is 4.46. The van der Waals surface area contributed by atoms with Crippen molar-refractivity contribution in [1.29, 1.82) is 0 Å². The Morgan fingerprint density at radius 3 is 2.67 bits per heavy atom. The van der Waals surface area contributed by atoms with Crippen molar-refractivity contribution in [3.05, 3.63) is 29.3 Å². The number of benzene rings is 1. The first-order chi connectivity index (χ1) is 9.82. The summed E-state index contributed by atoms with van der Waals surface area (Å²) in [6, 6.07) is 5.80. The highest BCUT2D eigenvalue weighted by Crippen LogP contribution is 2.38. The average molecular weight is 311 g/mol. The van der Waals surface area contributed by atoms with Crippen molar-refractivity contribution in [1.82, 2.24) is 0 Å². The number of ether oxygens (including phenoxy) is 1. The SMILES string of the molecule is COc1ccc(C)cc1C(N)C1CCCC(S(C)(=O)=O)C1. The van der Waals surface area contributed by atoms with E-state index in [-0.39, 0.29) is 17.2 Å². The van der Waals surface area contributed by atoms with Crippen LogP contribution in [0.1, 0.15) is 42.9 Å². The van der Waals surface area contributed by atoms with Gasteiger partial charge in [0.1, 0.15) is 15.6 Å². The van der Waals surface area contributed by atoms with Gasteiger partial charge in [0, 0.05) is 17.9 Å². The smallest absolute Gasteiger partial charge is 0.150 e. The minimum absolute atomic E-state index is 0.176. The molecule has 1 aliphatic rings. The van der Waals surface area contributed by atoms with Gasteiger partial charge in [-0.1, -0.05) is 24.1 Å². The van der Waals surface area contributed by atoms with Crippen LogP contribution in [0.5, 0.6) is 5.75 Å². The first-order valence-electron chi connectivity index (χ1n) is 7.42. The second kappa shape index (κ2) is 6.36. The molecule has 0 aromatic heterocycles. The Hall–Kier alpha value is -1.07. The third kappa shape index (κ3) is 3.77. The second-order valence-electron chi connectivity index (χ2n) is 6.15. The zero-order valence-corrected chi connectivity index (χ0v) is 13.8. The normalized spacial score (nSPS) is 24.6. The molecular formula is C16H25NO3S. The lowest BCUT2D eigenvalue weighted by Crippen LogP contribution is -2.33. The zero-order chi connectivity index (χ0) is 15.6. The number of hydrogen-bond donors (Lipinski definition) is 1. The van der Waals surface area contributed by atoms with Gasteiger partial charge in [0.05, 0.1) is 12.4 Å². The van der Waals surface area contributed by atoms with Gasteiger partial charge < -0.3 is 10.5 Å². The summed E-state index contributed by atoms with van der Waals surface area (Å²) in [6.07, 6.45) is 4.64. The van der Waals surface area contributed by atoms with Crippen molar-refractivity contribution in [3.63, 3.8) is 0 Å². The lowest BCUT2D eigenvalue weighted by molar-refractivity contribution is 0.302. The molecule has 1 aromatic carbocycles. The number of aryl methyl sites for hydroxylation is 1. The predicted molar refractivity (Wildman–Crippen MR) is 85.2 cm³/mol. The van der Waals surface area contributed by atoms with E-state index in [0.29, 0.717) is 6.42 Å². The second-order valence-corrected chi connectivity index (χ2v) is 8.48. The Bertz CT molecular complexity index is 598. The topological polar surface area (TPSA) is 69.4 Å². The summed E-state index contributed by atoms with van der Waals surface area (Å²) in [6.45, 7) is 2.02. The van der Waals surface area contributed by atoms with Gasteiger partial charge in [0.15, 0.2) is 0 Å². The van der Waals surface area contributed by atoms with Crippen LogP contribution in [0.25, 0.3) is 0 Å². The van der Waals surface area contributed by atoms with Crippen molar-refractivity contribution < 1.29 is 13.2 Å². The lowest BCUT2D eigenvalue weighted by Gasteiger charge is -2.32. The Balaban J connectivity index is 2.23. The molecule has 1 fully saturated rings. The standard InChI is InChI=1S/C16H25NO3S/c1-11-7-8-15(20-2)14(9-11)16(17)12-5-4-6-13(10-12)21(3,18)19/h7-9,12-13,16H,4-6,10,17H2,1-3H3. The summed E-state index contributed by atoms with van der Waals surface area (Å²) >= 11 is 0. The summed E-state index contributed by atoms with van der Waals surface area (Å²) in [5.41, 5.74) is 8.56. The lowest BCUT2D eigenvalue weighted by atomic mass is 9.81. The zero-order valence-electron chi connectivity index (χ0n) is 13.0. The van der Waals surface area contributed by atoms with E-state index in [1.54, 1.807) is 7.11 Å². The van der Waals surface area contributed by atoms with Crippen LogP contribution in [-0.2, 0) is 9.84 Å². The molecule has 1 aliphatic carbocycles. The molecule has 21 heavy (non-hydrogen) atoms. The molecule has 0 heterocycles. The maximum atomic E-state index is 11.8. The van der Waals surface area contributed by atoms with Crippen LogP contribution < -0.4 is 10.5 Å². The summed E-state index contributed by atoms with van der Waals surface area (Å²) in [4.78, 5) is 0. The van der Waals surface area contributed by atoms with E-state index in [9.17, 15) is 8.42 Å². The highest BCUT2D eigenvalue weighted by molar-refractivity contribution is 7.91. The molecule has 0 radical (unpaired) electrons. The van der Waals surface area contributed by atoms with Crippen LogP contribution in [0.15, 0.2) is 18.2 Å². The molecule has 4 nitrogen and oxygen atoms in total. The maximum Gasteiger partial charge on any atom is 0.150 e. The van der Waals surface area contributed by atoms with Crippen LogP contribution in [0.4, 0.5) is 0 Å². The van der Waals surface area contributed by atoms with Gasteiger partial charge in [-0.05, 0) is 38.2 Å². The number of methoxy groups -OCH3 is 1. The number of rotatable bonds is 4. The summed E-state index contributed by atoms with van der Waals surface area (Å²) in [5, 5.41) is -0.252. The van der Waals surface area contributed by atoms with Gasteiger partial charge in [-0.15, -0.1) is 0 Å². The van der Waals surface area contributed by atoms with E-state index in [0.717, 1.165) is 36.1 Å². The molecule has 0 saturated heterocycles. The van der Waals surface area contributed by atoms with Crippen molar-refractivity contribution in [2.45, 2.75) is 43.9 Å². The van der Waals surface area contributed by atoms with E-state index in [2.05, 4.69) is 0 Å². The molecule has 0 spiro atoms. The highest BCUT2D eigenvalue weighted by atomic mass is 32.2. The molecule has 2 rings (SSSR count). The van der Waals surface area contributed by atoms with Crippen molar-refractivity contribution >= 4 is 9.84 Å². The van der Waals surface area contributed by atoms with Crippen molar-refractivity contribution in [2.24, 2.45) is 11.7 Å². The molecule has 0 bridgehead atoms. The molecule has 3 unspecified atom stereocenters. The molecule has 1 saturated carbocycles. The Labute approximate surface area is 127 Å². The Morgan fingerprint density at radius 1 is 1.33 bits per heavy atom. The Kier molecular flexibility index (Phi) is 4.94. The first kappa shape index (κ1) is 16.3. The third-order valence-corrected chi connectivity index (χ3v) is 6.16. The van der Waals surface area contributed by atoms with Crippen LogP contribution in [0.3, 0.4) is 0 Å². The van der Waals surface area contributed by atoms with Crippen LogP contribution >= 0.6 is 0 Å². The van der Waals surface area contributed by atoms with E-state index in [4.69, 9.17) is 10.5 Å². The Morgan fingerprint density at radius 2 is 2.05 bits per heavy atom. The molecule has 118 valence electrons. The van der Waals surface area contributed by atoms with Gasteiger partial charge in [-0.2, -0.15) is 0 Å². The third-order valence-electron chi connectivity index (χ3n) is 4.52. The van der Waals surface area contributed by atoms with Crippen LogP contribution in [0.2, 0.25) is 0 Å². The molecule has 5 heteroatoms. The van der Waals surface area contributed by atoms with Crippen LogP contribution in [0, 0.1) is 12.8 Å². The summed E-state index contributed by atoms with van der Waals surface area (Å²) < 4.78 is 29.0. The fourth-order valence-electron chi connectivity index (χ4n) is 3.26. The van der Waals surface area contributed by atoms with E-state index < -0.39 is 9.84 Å². The molecule has 0 aliphatic heterocycles. The minimum atomic E-state index is -2.99. The molecule has 3 atom stereocenters. The van der Waals surface area contributed by atoms with Gasteiger partial charge >= 0.3 is 0 Å². The summed E-state index contributed by atoms with van der Waals surface area (Å²) in [7, 11) is -1.35. The summed E-state index contributed by atoms with van der Waals surface area (Å²) in [5.74, 6) is 0.976. The van der Waals surface area contributed by atoms with E-state index in [1.807, 2.05) is 25.1 Å². The molecule has 2 N–H and O–H groups in total. The maximum absolute atomic E-state index is 11.8. The van der Waals surface area contributed by atoms with E-state index in [1.165, 1.54) is 6.26 Å². The van der Waals surface area contributed by atoms with Gasteiger partial charge in [-0.25, -0.2) is 8.42 Å².